The minimum atomic E-state index is -0.399. The molecule has 0 unspecified atom stereocenters. The third kappa shape index (κ3) is 2.26. The first-order valence-electron chi connectivity index (χ1n) is 7.25. The van der Waals surface area contributed by atoms with Crippen LogP contribution in [0.4, 0.5) is 0 Å². The topological polar surface area (TPSA) is 52.3 Å². The molecule has 1 heterocycles. The van der Waals surface area contributed by atoms with Crippen molar-refractivity contribution in [1.82, 2.24) is 5.16 Å². The van der Waals surface area contributed by atoms with Gasteiger partial charge < -0.3 is 9.26 Å². The maximum absolute atomic E-state index is 12.2. The van der Waals surface area contributed by atoms with Gasteiger partial charge in [0.15, 0.2) is 0 Å². The second kappa shape index (κ2) is 5.64. The molecule has 0 saturated heterocycles. The minimum absolute atomic E-state index is 0.317. The molecule has 4 heteroatoms. The van der Waals surface area contributed by atoms with Crippen molar-refractivity contribution in [3.8, 4) is 11.3 Å². The lowest BCUT2D eigenvalue weighted by atomic mass is 9.95. The van der Waals surface area contributed by atoms with E-state index >= 15 is 0 Å². The van der Waals surface area contributed by atoms with Crippen molar-refractivity contribution in [3.63, 3.8) is 0 Å². The van der Waals surface area contributed by atoms with Crippen molar-refractivity contribution in [2.75, 3.05) is 6.61 Å². The van der Waals surface area contributed by atoms with Gasteiger partial charge in [-0.25, -0.2) is 4.79 Å². The zero-order valence-electron chi connectivity index (χ0n) is 12.8. The fourth-order valence-corrected chi connectivity index (χ4v) is 2.68. The highest BCUT2D eigenvalue weighted by atomic mass is 16.5. The molecule has 0 fully saturated rings. The zero-order chi connectivity index (χ0) is 15.7. The Morgan fingerprint density at radius 2 is 1.95 bits per heavy atom. The van der Waals surface area contributed by atoms with E-state index in [-0.39, 0.29) is 0 Å². The van der Waals surface area contributed by atoms with Crippen LogP contribution in [0.5, 0.6) is 0 Å². The van der Waals surface area contributed by atoms with Gasteiger partial charge in [0.2, 0.25) is 0 Å². The molecule has 3 rings (SSSR count). The highest BCUT2D eigenvalue weighted by Gasteiger charge is 2.24. The van der Waals surface area contributed by atoms with Crippen LogP contribution in [0, 0.1) is 13.8 Å². The van der Waals surface area contributed by atoms with Crippen LogP contribution in [-0.2, 0) is 4.74 Å². The molecule has 22 heavy (non-hydrogen) atoms. The fraction of sp³-hybridized carbons (Fsp3) is 0.222. The van der Waals surface area contributed by atoms with E-state index in [4.69, 9.17) is 9.26 Å². The van der Waals surface area contributed by atoms with Crippen molar-refractivity contribution >= 4 is 16.7 Å². The largest absolute Gasteiger partial charge is 0.462 e. The van der Waals surface area contributed by atoms with Crippen LogP contribution in [0.25, 0.3) is 22.0 Å². The summed E-state index contributed by atoms with van der Waals surface area (Å²) in [5.41, 5.74) is 2.90. The molecule has 0 amide bonds. The number of nitrogens with zero attached hydrogens (tertiary/aromatic N) is 1. The van der Waals surface area contributed by atoms with Gasteiger partial charge in [-0.05, 0) is 37.1 Å². The van der Waals surface area contributed by atoms with E-state index in [1.807, 2.05) is 37.3 Å². The molecule has 1 aromatic heterocycles. The van der Waals surface area contributed by atoms with Crippen LogP contribution in [0.15, 0.2) is 40.9 Å². The summed E-state index contributed by atoms with van der Waals surface area (Å²) in [6.45, 7) is 5.82. The van der Waals surface area contributed by atoms with E-state index < -0.39 is 5.97 Å². The molecular weight excluding hydrogens is 278 g/mol. The molecule has 0 spiro atoms. The summed E-state index contributed by atoms with van der Waals surface area (Å²) in [7, 11) is 0. The first-order valence-corrected chi connectivity index (χ1v) is 7.25. The van der Waals surface area contributed by atoms with Crippen LogP contribution in [0.1, 0.15) is 28.6 Å². The van der Waals surface area contributed by atoms with Crippen molar-refractivity contribution in [3.05, 3.63) is 53.3 Å². The van der Waals surface area contributed by atoms with Crippen LogP contribution in [-0.4, -0.2) is 17.7 Å². The van der Waals surface area contributed by atoms with Gasteiger partial charge in [-0.1, -0.05) is 41.6 Å². The molecule has 0 saturated carbocycles. The number of hydrogen-bond donors (Lipinski definition) is 0. The fourth-order valence-electron chi connectivity index (χ4n) is 2.68. The van der Waals surface area contributed by atoms with E-state index in [2.05, 4.69) is 11.2 Å². The number of esters is 1. The number of fused-ring (bicyclic) bond motifs is 1. The van der Waals surface area contributed by atoms with Crippen LogP contribution in [0.3, 0.4) is 0 Å². The Balaban J connectivity index is 2.29. The molecular formula is C18H17NO3. The van der Waals surface area contributed by atoms with Gasteiger partial charge in [0, 0.05) is 5.56 Å². The molecule has 0 radical (unpaired) electrons. The molecule has 112 valence electrons. The lowest BCUT2D eigenvalue weighted by molar-refractivity contribution is 0.0525. The summed E-state index contributed by atoms with van der Waals surface area (Å²) >= 11 is 0. The second-order valence-corrected chi connectivity index (χ2v) is 5.16. The number of ether oxygens (including phenoxy) is 1. The van der Waals surface area contributed by atoms with Crippen molar-refractivity contribution in [2.45, 2.75) is 20.8 Å². The highest BCUT2D eigenvalue weighted by Crippen LogP contribution is 2.34. The number of carbonyl (C=O) groups excluding carboxylic acids is 1. The maximum Gasteiger partial charge on any atom is 0.344 e. The van der Waals surface area contributed by atoms with Crippen molar-refractivity contribution in [2.24, 2.45) is 0 Å². The first-order chi connectivity index (χ1) is 10.6. The van der Waals surface area contributed by atoms with E-state index in [0.29, 0.717) is 23.6 Å². The quantitative estimate of drug-likeness (QED) is 0.676. The third-order valence-corrected chi connectivity index (χ3v) is 3.72. The summed E-state index contributed by atoms with van der Waals surface area (Å²) in [6, 6.07) is 12.1. The SMILES string of the molecule is CCOC(=O)c1c(-c2c(C)ccc3ccccc23)noc1C. The Hall–Kier alpha value is -2.62. The Kier molecular flexibility index (Phi) is 3.67. The lowest BCUT2D eigenvalue weighted by Crippen LogP contribution is -2.07. The highest BCUT2D eigenvalue weighted by molar-refractivity contribution is 6.04. The molecule has 0 aliphatic heterocycles. The molecule has 0 aliphatic carbocycles. The van der Waals surface area contributed by atoms with Gasteiger partial charge >= 0.3 is 5.97 Å². The van der Waals surface area contributed by atoms with Gasteiger partial charge in [-0.2, -0.15) is 0 Å². The van der Waals surface area contributed by atoms with E-state index in [0.717, 1.165) is 21.9 Å². The van der Waals surface area contributed by atoms with Gasteiger partial charge in [0.1, 0.15) is 17.0 Å². The number of hydrogen-bond acceptors (Lipinski definition) is 4. The molecule has 4 nitrogen and oxygen atoms in total. The monoisotopic (exact) mass is 295 g/mol. The lowest BCUT2D eigenvalue weighted by Gasteiger charge is -2.09. The molecule has 0 aliphatic rings. The minimum Gasteiger partial charge on any atom is -0.462 e. The number of benzene rings is 2. The third-order valence-electron chi connectivity index (χ3n) is 3.72. The number of aryl methyl sites for hydroxylation is 2. The first kappa shape index (κ1) is 14.3. The summed E-state index contributed by atoms with van der Waals surface area (Å²) < 4.78 is 10.4. The summed E-state index contributed by atoms with van der Waals surface area (Å²) in [5, 5.41) is 6.26. The smallest absolute Gasteiger partial charge is 0.344 e. The van der Waals surface area contributed by atoms with Crippen molar-refractivity contribution < 1.29 is 14.1 Å². The van der Waals surface area contributed by atoms with Gasteiger partial charge in [0.25, 0.3) is 0 Å². The van der Waals surface area contributed by atoms with Crippen LogP contribution in [0.2, 0.25) is 0 Å². The Morgan fingerprint density at radius 1 is 1.18 bits per heavy atom. The van der Waals surface area contributed by atoms with Gasteiger partial charge in [-0.3, -0.25) is 0 Å². The average Bonchev–Trinajstić information content (AvgIpc) is 2.89. The Morgan fingerprint density at radius 3 is 2.73 bits per heavy atom. The van der Waals surface area contributed by atoms with Crippen LogP contribution < -0.4 is 0 Å². The van der Waals surface area contributed by atoms with Crippen LogP contribution >= 0.6 is 0 Å². The number of aromatic nitrogens is 1. The predicted molar refractivity (Wildman–Crippen MR) is 84.9 cm³/mol. The van der Waals surface area contributed by atoms with E-state index in [1.54, 1.807) is 13.8 Å². The second-order valence-electron chi connectivity index (χ2n) is 5.16. The van der Waals surface area contributed by atoms with Crippen molar-refractivity contribution in [1.29, 1.82) is 0 Å². The van der Waals surface area contributed by atoms with Gasteiger partial charge in [-0.15, -0.1) is 0 Å². The number of carbonyl (C=O) groups is 1. The average molecular weight is 295 g/mol. The molecule has 3 aromatic rings. The standard InChI is InChI=1S/C18H17NO3/c1-4-21-18(20)16-12(3)22-19-17(16)15-11(2)9-10-13-7-5-6-8-14(13)15/h5-10H,4H2,1-3H3. The summed E-state index contributed by atoms with van der Waals surface area (Å²) in [4.78, 5) is 12.2. The normalized spacial score (nSPS) is 10.9. The van der Waals surface area contributed by atoms with E-state index in [9.17, 15) is 4.79 Å². The molecule has 0 N–H and O–H groups in total. The zero-order valence-corrected chi connectivity index (χ0v) is 12.8. The molecule has 0 bridgehead atoms. The van der Waals surface area contributed by atoms with E-state index in [1.165, 1.54) is 0 Å². The maximum atomic E-state index is 12.2. The number of rotatable bonds is 3. The molecule has 0 atom stereocenters. The summed E-state index contributed by atoms with van der Waals surface area (Å²) in [6.07, 6.45) is 0. The molecule has 2 aromatic carbocycles. The summed E-state index contributed by atoms with van der Waals surface area (Å²) in [5.74, 6) is 0.0735. The Bertz CT molecular complexity index is 849. The van der Waals surface area contributed by atoms with Gasteiger partial charge in [0.05, 0.1) is 6.61 Å². The Labute approximate surface area is 128 Å². The predicted octanol–water partition coefficient (Wildman–Crippen LogP) is 4.29.